The molecule has 108 valence electrons. The van der Waals surface area contributed by atoms with E-state index in [0.717, 1.165) is 4.88 Å². The highest BCUT2D eigenvalue weighted by molar-refractivity contribution is 7.89. The summed E-state index contributed by atoms with van der Waals surface area (Å²) in [5.41, 5.74) is 0. The maximum atomic E-state index is 12.0. The van der Waals surface area contributed by atoms with E-state index in [9.17, 15) is 13.5 Å². The molecule has 2 aromatic rings. The highest BCUT2D eigenvalue weighted by atomic mass is 35.5. The molecule has 0 aliphatic heterocycles. The van der Waals surface area contributed by atoms with Crippen LogP contribution in [0.1, 0.15) is 17.4 Å². The van der Waals surface area contributed by atoms with Gasteiger partial charge in [0.25, 0.3) is 0 Å². The van der Waals surface area contributed by atoms with Crippen molar-refractivity contribution in [2.75, 3.05) is 6.54 Å². The van der Waals surface area contributed by atoms with Gasteiger partial charge in [-0.2, -0.15) is 0 Å². The normalized spacial score (nSPS) is 13.3. The molecule has 7 heteroatoms. The largest absolute Gasteiger partial charge is 0.388 e. The lowest BCUT2D eigenvalue weighted by atomic mass is 10.2. The molecule has 20 heavy (non-hydrogen) atoms. The van der Waals surface area contributed by atoms with Crippen molar-refractivity contribution < 1.29 is 13.5 Å². The zero-order valence-electron chi connectivity index (χ0n) is 10.5. The van der Waals surface area contributed by atoms with Crippen LogP contribution in [0.5, 0.6) is 0 Å². The molecule has 2 N–H and O–H groups in total. The predicted molar refractivity (Wildman–Crippen MR) is 80.5 cm³/mol. The summed E-state index contributed by atoms with van der Waals surface area (Å²) in [6, 6.07) is 9.72. The van der Waals surface area contributed by atoms with E-state index in [1.54, 1.807) is 12.1 Å². The Morgan fingerprint density at radius 2 is 2.10 bits per heavy atom. The first-order valence-corrected chi connectivity index (χ1v) is 8.70. The van der Waals surface area contributed by atoms with E-state index in [2.05, 4.69) is 4.72 Å². The first kappa shape index (κ1) is 15.5. The number of aliphatic hydroxyl groups excluding tert-OH is 1. The van der Waals surface area contributed by atoms with Crippen LogP contribution in [0.2, 0.25) is 5.02 Å². The zero-order chi connectivity index (χ0) is 14.6. The van der Waals surface area contributed by atoms with Gasteiger partial charge in [0, 0.05) is 16.4 Å². The fraction of sp³-hybridized carbons (Fsp3) is 0.231. The first-order valence-electron chi connectivity index (χ1n) is 5.96. The van der Waals surface area contributed by atoms with Crippen LogP contribution in [0.25, 0.3) is 0 Å². The third-order valence-electron chi connectivity index (χ3n) is 2.69. The molecule has 0 radical (unpaired) electrons. The second-order valence-corrected chi connectivity index (χ2v) is 7.36. The average molecular weight is 332 g/mol. The molecule has 1 atom stereocenters. The van der Waals surface area contributed by atoms with E-state index in [1.807, 2.05) is 17.5 Å². The maximum Gasteiger partial charge on any atom is 0.240 e. The monoisotopic (exact) mass is 331 g/mol. The minimum atomic E-state index is -3.59. The van der Waals surface area contributed by atoms with Crippen molar-refractivity contribution in [3.63, 3.8) is 0 Å². The third-order valence-corrected chi connectivity index (χ3v) is 5.36. The summed E-state index contributed by atoms with van der Waals surface area (Å²) in [4.78, 5) is 0.947. The Bertz CT molecular complexity index is 656. The molecule has 1 heterocycles. The van der Waals surface area contributed by atoms with Gasteiger partial charge in [-0.25, -0.2) is 13.1 Å². The van der Waals surface area contributed by atoms with Crippen LogP contribution in [-0.4, -0.2) is 20.1 Å². The van der Waals surface area contributed by atoms with E-state index in [0.29, 0.717) is 11.4 Å². The summed E-state index contributed by atoms with van der Waals surface area (Å²) in [5, 5.41) is 12.1. The number of thiophene rings is 1. The molecular weight excluding hydrogens is 318 g/mol. The van der Waals surface area contributed by atoms with Crippen molar-refractivity contribution in [2.24, 2.45) is 0 Å². The van der Waals surface area contributed by atoms with Crippen molar-refractivity contribution in [1.29, 1.82) is 0 Å². The quantitative estimate of drug-likeness (QED) is 0.855. The van der Waals surface area contributed by atoms with Gasteiger partial charge in [-0.15, -0.1) is 11.3 Å². The van der Waals surface area contributed by atoms with Crippen molar-refractivity contribution >= 4 is 33.0 Å². The van der Waals surface area contributed by atoms with Gasteiger partial charge in [-0.05, 0) is 36.1 Å². The van der Waals surface area contributed by atoms with Gasteiger partial charge in [-0.1, -0.05) is 23.7 Å². The molecule has 0 fully saturated rings. The molecule has 0 aliphatic carbocycles. The lowest BCUT2D eigenvalue weighted by Crippen LogP contribution is -2.25. The molecule has 0 amide bonds. The van der Waals surface area contributed by atoms with Crippen molar-refractivity contribution in [1.82, 2.24) is 4.72 Å². The Kier molecular flexibility index (Phi) is 5.17. The van der Waals surface area contributed by atoms with Gasteiger partial charge >= 0.3 is 0 Å². The van der Waals surface area contributed by atoms with Crippen LogP contribution < -0.4 is 4.72 Å². The van der Waals surface area contributed by atoms with Gasteiger partial charge in [0.2, 0.25) is 10.0 Å². The summed E-state index contributed by atoms with van der Waals surface area (Å²) < 4.78 is 26.5. The minimum absolute atomic E-state index is 0.121. The Hall–Kier alpha value is -0.920. The lowest BCUT2D eigenvalue weighted by molar-refractivity contribution is 0.173. The smallest absolute Gasteiger partial charge is 0.240 e. The second-order valence-electron chi connectivity index (χ2n) is 4.18. The van der Waals surface area contributed by atoms with Crippen LogP contribution in [0.3, 0.4) is 0 Å². The Labute approximate surface area is 127 Å². The number of nitrogens with one attached hydrogen (secondary N) is 1. The van der Waals surface area contributed by atoms with Crippen molar-refractivity contribution in [3.8, 4) is 0 Å². The van der Waals surface area contributed by atoms with Crippen LogP contribution in [0, 0.1) is 0 Å². The average Bonchev–Trinajstić information content (AvgIpc) is 2.92. The number of aliphatic hydroxyl groups is 1. The molecule has 0 spiro atoms. The summed E-state index contributed by atoms with van der Waals surface area (Å²) >= 11 is 7.21. The number of halogens is 1. The highest BCUT2D eigenvalue weighted by Gasteiger charge is 2.15. The third kappa shape index (κ3) is 4.04. The van der Waals surface area contributed by atoms with Crippen molar-refractivity contribution in [2.45, 2.75) is 17.4 Å². The molecule has 0 saturated carbocycles. The summed E-state index contributed by atoms with van der Waals surface area (Å²) in [6.45, 7) is 0.161. The fourth-order valence-corrected chi connectivity index (χ4v) is 3.77. The van der Waals surface area contributed by atoms with E-state index >= 15 is 0 Å². The van der Waals surface area contributed by atoms with Gasteiger partial charge in [0.05, 0.1) is 11.0 Å². The Morgan fingerprint density at radius 1 is 1.30 bits per heavy atom. The van der Waals surface area contributed by atoms with Crippen LogP contribution in [-0.2, 0) is 10.0 Å². The standard InChI is InChI=1S/C13H14ClNO3S2/c14-10-3-1-4-11(9-10)20(17,18)15-7-6-12(16)13-5-2-8-19-13/h1-5,8-9,12,15-16H,6-7H2. The number of hydrogen-bond donors (Lipinski definition) is 2. The molecular formula is C13H14ClNO3S2. The van der Waals surface area contributed by atoms with Gasteiger partial charge in [-0.3, -0.25) is 0 Å². The summed E-state index contributed by atoms with van der Waals surface area (Å²) in [5.74, 6) is 0. The molecule has 1 aromatic heterocycles. The van der Waals surface area contributed by atoms with E-state index in [4.69, 9.17) is 11.6 Å². The summed E-state index contributed by atoms with van der Waals surface area (Å²) in [6.07, 6.45) is -0.336. The number of benzene rings is 1. The lowest BCUT2D eigenvalue weighted by Gasteiger charge is -2.10. The number of sulfonamides is 1. The first-order chi connectivity index (χ1) is 9.49. The second kappa shape index (κ2) is 6.69. The molecule has 0 saturated heterocycles. The Balaban J connectivity index is 1.93. The highest BCUT2D eigenvalue weighted by Crippen LogP contribution is 2.21. The molecule has 1 aromatic carbocycles. The van der Waals surface area contributed by atoms with Crippen LogP contribution in [0.4, 0.5) is 0 Å². The zero-order valence-corrected chi connectivity index (χ0v) is 12.9. The molecule has 1 unspecified atom stereocenters. The molecule has 0 aliphatic rings. The van der Waals surface area contributed by atoms with E-state index in [-0.39, 0.29) is 11.4 Å². The Morgan fingerprint density at radius 3 is 2.75 bits per heavy atom. The van der Waals surface area contributed by atoms with Crippen molar-refractivity contribution in [3.05, 3.63) is 51.7 Å². The van der Waals surface area contributed by atoms with E-state index in [1.165, 1.54) is 23.5 Å². The SMILES string of the molecule is O=S(=O)(NCCC(O)c1cccs1)c1cccc(Cl)c1. The topological polar surface area (TPSA) is 66.4 Å². The predicted octanol–water partition coefficient (Wildman–Crippen LogP) is 2.80. The van der Waals surface area contributed by atoms with Gasteiger partial charge in [0.1, 0.15) is 0 Å². The van der Waals surface area contributed by atoms with Crippen LogP contribution >= 0.6 is 22.9 Å². The van der Waals surface area contributed by atoms with E-state index < -0.39 is 16.1 Å². The fourth-order valence-electron chi connectivity index (χ4n) is 1.67. The van der Waals surface area contributed by atoms with Gasteiger partial charge < -0.3 is 5.11 Å². The molecule has 2 rings (SSSR count). The minimum Gasteiger partial charge on any atom is -0.388 e. The maximum absolute atomic E-state index is 12.0. The van der Waals surface area contributed by atoms with Gasteiger partial charge in [0.15, 0.2) is 0 Å². The van der Waals surface area contributed by atoms with Crippen LogP contribution in [0.15, 0.2) is 46.7 Å². The molecule has 4 nitrogen and oxygen atoms in total. The number of rotatable bonds is 6. The molecule has 0 bridgehead atoms. The number of hydrogen-bond acceptors (Lipinski definition) is 4. The summed E-state index contributed by atoms with van der Waals surface area (Å²) in [7, 11) is -3.59.